The molecule has 0 bridgehead atoms. The highest BCUT2D eigenvalue weighted by Crippen LogP contribution is 2.25. The van der Waals surface area contributed by atoms with Crippen molar-refractivity contribution in [2.75, 3.05) is 14.1 Å². The van der Waals surface area contributed by atoms with Gasteiger partial charge in [0.15, 0.2) is 5.82 Å². The van der Waals surface area contributed by atoms with E-state index in [1.807, 2.05) is 0 Å². The molecule has 0 aliphatic carbocycles. The Hall–Kier alpha value is -3.55. The number of rotatable bonds is 7. The summed E-state index contributed by atoms with van der Waals surface area (Å²) in [7, 11) is 3.57. The summed E-state index contributed by atoms with van der Waals surface area (Å²) in [6, 6.07) is 2.19. The highest BCUT2D eigenvalue weighted by molar-refractivity contribution is 6.52. The van der Waals surface area contributed by atoms with Crippen LogP contribution in [0.3, 0.4) is 0 Å². The van der Waals surface area contributed by atoms with Crippen LogP contribution in [-0.4, -0.2) is 45.8 Å². The molecule has 1 aliphatic heterocycles. The molecule has 166 valence electrons. The minimum absolute atomic E-state index is 0.0262. The summed E-state index contributed by atoms with van der Waals surface area (Å²) in [5.41, 5.74) is 0.811. The number of hydrogen-bond donors (Lipinski definition) is 0. The first-order valence-electron chi connectivity index (χ1n) is 9.47. The molecule has 0 saturated carbocycles. The Morgan fingerprint density at radius 2 is 2.03 bits per heavy atom. The van der Waals surface area contributed by atoms with Crippen LogP contribution in [0.5, 0.6) is 5.75 Å². The number of carbonyl (C=O) groups is 1. The quantitative estimate of drug-likeness (QED) is 0.467. The highest BCUT2D eigenvalue weighted by Gasteiger charge is 2.30. The molecule has 3 heterocycles. The molecule has 0 aromatic carbocycles. The zero-order valence-electron chi connectivity index (χ0n) is 17.8. The molecule has 32 heavy (non-hydrogen) atoms. The van der Waals surface area contributed by atoms with E-state index >= 15 is 0 Å². The van der Waals surface area contributed by atoms with Crippen molar-refractivity contribution in [3.05, 3.63) is 75.1 Å². The predicted molar refractivity (Wildman–Crippen MR) is 119 cm³/mol. The molecule has 0 amide bonds. The van der Waals surface area contributed by atoms with Crippen molar-refractivity contribution in [1.29, 1.82) is 0 Å². The number of aryl methyl sites for hydroxylation is 1. The van der Waals surface area contributed by atoms with Crippen LogP contribution in [-0.2, 0) is 11.4 Å². The Morgan fingerprint density at radius 1 is 1.31 bits per heavy atom. The maximum Gasteiger partial charge on any atom is 0.376 e. The van der Waals surface area contributed by atoms with Crippen molar-refractivity contribution in [3.8, 4) is 5.75 Å². The van der Waals surface area contributed by atoms with Gasteiger partial charge in [0, 0.05) is 51.1 Å². The van der Waals surface area contributed by atoms with Crippen molar-refractivity contribution in [2.45, 2.75) is 20.5 Å². The lowest BCUT2D eigenvalue weighted by Crippen LogP contribution is -2.25. The van der Waals surface area contributed by atoms with E-state index in [1.165, 1.54) is 22.8 Å². The number of aromatic nitrogens is 2. The van der Waals surface area contributed by atoms with Gasteiger partial charge in [-0.15, -0.1) is 0 Å². The van der Waals surface area contributed by atoms with E-state index in [0.29, 0.717) is 23.2 Å². The van der Waals surface area contributed by atoms with Gasteiger partial charge in [-0.3, -0.25) is 19.1 Å². The van der Waals surface area contributed by atoms with Gasteiger partial charge in [-0.1, -0.05) is 16.3 Å². The summed E-state index contributed by atoms with van der Waals surface area (Å²) in [6.07, 6.45) is 5.37. The first-order chi connectivity index (χ1) is 15.1. The molecule has 2 aromatic rings. The van der Waals surface area contributed by atoms with Gasteiger partial charge in [-0.2, -0.15) is 0 Å². The van der Waals surface area contributed by atoms with Crippen molar-refractivity contribution in [3.63, 3.8) is 0 Å². The number of allylic oxidation sites excluding steroid dienone is 3. The van der Waals surface area contributed by atoms with Crippen LogP contribution < -0.4 is 15.0 Å². The number of halogens is 3. The molecule has 10 heteroatoms. The third-order valence-corrected chi connectivity index (χ3v) is 4.85. The topological polar surface area (TPSA) is 78.5 Å². The second kappa shape index (κ2) is 9.30. The van der Waals surface area contributed by atoms with Gasteiger partial charge in [0.2, 0.25) is 0 Å². The second-order valence-corrected chi connectivity index (χ2v) is 7.61. The van der Waals surface area contributed by atoms with E-state index in [1.54, 1.807) is 39.0 Å². The van der Waals surface area contributed by atoms with Crippen LogP contribution in [0, 0.1) is 18.6 Å². The summed E-state index contributed by atoms with van der Waals surface area (Å²) in [5, 5.41) is -0.237. The lowest BCUT2D eigenvalue weighted by molar-refractivity contribution is -0.108. The van der Waals surface area contributed by atoms with Crippen molar-refractivity contribution in [1.82, 2.24) is 19.1 Å². The molecule has 0 atom stereocenters. The molecule has 3 rings (SSSR count). The van der Waals surface area contributed by atoms with Crippen LogP contribution in [0.1, 0.15) is 18.3 Å². The van der Waals surface area contributed by atoms with E-state index in [0.717, 1.165) is 6.20 Å². The molecule has 2 aromatic heterocycles. The van der Waals surface area contributed by atoms with Crippen molar-refractivity contribution >= 4 is 34.5 Å². The molecule has 0 saturated heterocycles. The first-order valence-corrected chi connectivity index (χ1v) is 9.84. The van der Waals surface area contributed by atoms with Gasteiger partial charge in [-0.25, -0.2) is 8.78 Å². The van der Waals surface area contributed by atoms with Gasteiger partial charge >= 0.3 is 11.4 Å². The maximum atomic E-state index is 13.8. The Labute approximate surface area is 187 Å². The summed E-state index contributed by atoms with van der Waals surface area (Å²) >= 11 is 6.22. The van der Waals surface area contributed by atoms with Gasteiger partial charge in [0.05, 0.1) is 12.3 Å². The maximum absolute atomic E-state index is 13.8. The molecule has 7 nitrogen and oxygen atoms in total. The van der Waals surface area contributed by atoms with Gasteiger partial charge < -0.3 is 9.64 Å². The molecular formula is C22H20ClF2N4O3+. The smallest absolute Gasteiger partial charge is 0.376 e. The van der Waals surface area contributed by atoms with Crippen LogP contribution in [0.25, 0.3) is 5.70 Å². The van der Waals surface area contributed by atoms with E-state index in [-0.39, 0.29) is 34.6 Å². The van der Waals surface area contributed by atoms with Crippen molar-refractivity contribution in [2.24, 2.45) is 0 Å². The molecule has 0 fully saturated rings. The third kappa shape index (κ3) is 4.85. The zero-order valence-corrected chi connectivity index (χ0v) is 18.6. The molecule has 0 spiro atoms. The van der Waals surface area contributed by atoms with Crippen LogP contribution >= 0.6 is 11.6 Å². The number of hydrogen-bond acceptors (Lipinski definition) is 5. The predicted octanol–water partition coefficient (Wildman–Crippen LogP) is 2.53. The van der Waals surface area contributed by atoms with Crippen molar-refractivity contribution < 1.29 is 18.3 Å². The largest absolute Gasteiger partial charge is 0.485 e. The van der Waals surface area contributed by atoms with E-state index in [2.05, 4.69) is 9.65 Å². The number of ketones is 1. The fourth-order valence-corrected chi connectivity index (χ4v) is 3.13. The Kier molecular flexibility index (Phi) is 6.72. The summed E-state index contributed by atoms with van der Waals surface area (Å²) in [4.78, 5) is 30.7. The molecule has 0 unspecified atom stereocenters. The van der Waals surface area contributed by atoms with Gasteiger partial charge in [-0.05, 0) is 6.92 Å². The fourth-order valence-electron chi connectivity index (χ4n) is 2.94. The monoisotopic (exact) mass is 461 g/mol. The van der Waals surface area contributed by atoms with E-state index in [4.69, 9.17) is 16.3 Å². The minimum atomic E-state index is -0.870. The lowest BCUT2D eigenvalue weighted by atomic mass is 10.2. The number of pyridine rings is 2. The standard InChI is InChI=1S/C22H20ClF2N4O3/c1-12-7-20(32-11-17-15(25)8-14(24)10-26-17)21(23)22(31)29(12)18-9-16(27-13(18)2)19(30)5-6-28(3)4/h5-10H,11H2,1-4H3/q+1/b6-5+. The SMILES string of the molecule is CC1=[N+]=C(C(=O)/C=C/N(C)C)C=C1n1c(C)cc(OCc2ncc(F)cc2F)c(Cl)c1=O. The minimum Gasteiger partial charge on any atom is -0.485 e. The van der Waals surface area contributed by atoms with Gasteiger partial charge in [0.1, 0.15) is 34.6 Å². The second-order valence-electron chi connectivity index (χ2n) is 7.23. The van der Waals surface area contributed by atoms with Crippen LogP contribution in [0.2, 0.25) is 5.02 Å². The number of nitrogens with zero attached hydrogens (tertiary/aromatic N) is 4. The van der Waals surface area contributed by atoms with E-state index in [9.17, 15) is 18.4 Å². The average Bonchev–Trinajstić information content (AvgIpc) is 3.10. The van der Waals surface area contributed by atoms with E-state index < -0.39 is 17.2 Å². The molecule has 0 N–H and O–H groups in total. The summed E-state index contributed by atoms with van der Waals surface area (Å²) in [6.45, 7) is 2.98. The zero-order chi connectivity index (χ0) is 23.6. The molecule has 0 radical (unpaired) electrons. The Morgan fingerprint density at radius 3 is 2.69 bits per heavy atom. The fraction of sp³-hybridized carbons (Fsp3) is 0.227. The average molecular weight is 462 g/mol. The number of ether oxygens (including phenoxy) is 1. The normalized spacial score (nSPS) is 13.2. The van der Waals surface area contributed by atoms with Crippen LogP contribution in [0.15, 0.2) is 41.5 Å². The lowest BCUT2D eigenvalue weighted by Gasteiger charge is -2.13. The molecular weight excluding hydrogens is 442 g/mol. The Bertz CT molecular complexity index is 1290. The first kappa shape index (κ1) is 23.1. The van der Waals surface area contributed by atoms with Gasteiger partial charge in [0.25, 0.3) is 11.3 Å². The summed E-state index contributed by atoms with van der Waals surface area (Å²) < 4.78 is 37.8. The molecule has 1 aliphatic rings. The Balaban J connectivity index is 1.89. The number of carbonyl (C=O) groups excluding carboxylic acids is 1. The third-order valence-electron chi connectivity index (χ3n) is 4.50. The summed E-state index contributed by atoms with van der Waals surface area (Å²) in [5.74, 6) is -1.96. The highest BCUT2D eigenvalue weighted by atomic mass is 35.5. The van der Waals surface area contributed by atoms with Crippen LogP contribution in [0.4, 0.5) is 8.78 Å².